The van der Waals surface area contributed by atoms with Gasteiger partial charge >= 0.3 is 0 Å². The lowest BCUT2D eigenvalue weighted by Crippen LogP contribution is -2.45. The lowest BCUT2D eigenvalue weighted by atomic mass is 10.1. The Morgan fingerprint density at radius 2 is 1.83 bits per heavy atom. The lowest BCUT2D eigenvalue weighted by Gasteiger charge is -2.35. The van der Waals surface area contributed by atoms with Crippen LogP contribution in [0.4, 0.5) is 5.69 Å². The van der Waals surface area contributed by atoms with Crippen LogP contribution in [0.1, 0.15) is 33.1 Å². The molecule has 6 nitrogen and oxygen atoms in total. The van der Waals surface area contributed by atoms with Gasteiger partial charge in [-0.3, -0.25) is 4.79 Å². The van der Waals surface area contributed by atoms with Gasteiger partial charge < -0.3 is 24.1 Å². The molecule has 0 spiro atoms. The quantitative estimate of drug-likeness (QED) is 0.682. The van der Waals surface area contributed by atoms with Crippen LogP contribution in [0, 0.1) is 13.8 Å². The van der Waals surface area contributed by atoms with Crippen molar-refractivity contribution in [2.24, 2.45) is 0 Å². The molecule has 3 heterocycles. The van der Waals surface area contributed by atoms with E-state index in [9.17, 15) is 4.79 Å². The second-order valence-corrected chi connectivity index (χ2v) is 8.05. The highest BCUT2D eigenvalue weighted by molar-refractivity contribution is 5.95. The average molecular weight is 407 g/mol. The minimum Gasteiger partial charge on any atom is -0.467 e. The van der Waals surface area contributed by atoms with Gasteiger partial charge in [-0.25, -0.2) is 0 Å². The summed E-state index contributed by atoms with van der Waals surface area (Å²) in [6, 6.07) is 14.2. The predicted octanol–water partition coefficient (Wildman–Crippen LogP) is 3.43. The molecule has 0 aliphatic carbocycles. The molecule has 158 valence electrons. The van der Waals surface area contributed by atoms with E-state index in [-0.39, 0.29) is 5.91 Å². The molecule has 3 aromatic rings. The smallest absolute Gasteiger partial charge is 0.253 e. The number of hydrogen-bond donors (Lipinski definition) is 1. The first kappa shape index (κ1) is 20.3. The number of aromatic nitrogens is 1. The van der Waals surface area contributed by atoms with Crippen molar-refractivity contribution < 1.29 is 9.21 Å². The van der Waals surface area contributed by atoms with E-state index in [1.54, 1.807) is 6.26 Å². The number of anilines is 1. The monoisotopic (exact) mass is 406 g/mol. The van der Waals surface area contributed by atoms with E-state index in [1.807, 2.05) is 38.1 Å². The molecule has 1 aliphatic rings. The largest absolute Gasteiger partial charge is 0.467 e. The summed E-state index contributed by atoms with van der Waals surface area (Å²) < 4.78 is 7.59. The number of nitrogens with one attached hydrogen (secondary N) is 1. The average Bonchev–Trinajstić information content (AvgIpc) is 3.37. The minimum absolute atomic E-state index is 0.0398. The number of hydrogen-bond acceptors (Lipinski definition) is 4. The number of likely N-dealkylation sites (N-methyl/N-ethyl adjacent to an activating group) is 1. The molecule has 2 aromatic heterocycles. The maximum Gasteiger partial charge on any atom is 0.253 e. The van der Waals surface area contributed by atoms with Crippen LogP contribution >= 0.6 is 0 Å². The molecule has 0 radical (unpaired) electrons. The number of para-hydroxylation sites is 1. The second kappa shape index (κ2) is 8.79. The first-order valence-corrected chi connectivity index (χ1v) is 10.5. The molecular formula is C24H30N4O2. The third kappa shape index (κ3) is 4.28. The van der Waals surface area contributed by atoms with Gasteiger partial charge in [0.1, 0.15) is 5.76 Å². The van der Waals surface area contributed by atoms with Gasteiger partial charge in [0.15, 0.2) is 0 Å². The molecule has 1 fully saturated rings. The number of benzene rings is 1. The van der Waals surface area contributed by atoms with Crippen molar-refractivity contribution in [3.63, 3.8) is 0 Å². The van der Waals surface area contributed by atoms with Crippen LogP contribution in [0.5, 0.6) is 0 Å². The Labute approximate surface area is 178 Å². The highest BCUT2D eigenvalue weighted by Crippen LogP contribution is 2.22. The SMILES string of the molecule is Cc1cc(C(=O)NCc2ccccc2N2CCN(C)CC2)c(C)n1Cc1ccco1. The molecule has 6 heteroatoms. The first-order valence-electron chi connectivity index (χ1n) is 10.5. The van der Waals surface area contributed by atoms with Crippen molar-refractivity contribution in [2.75, 3.05) is 38.1 Å². The van der Waals surface area contributed by atoms with Crippen LogP contribution in [0.2, 0.25) is 0 Å². The van der Waals surface area contributed by atoms with Crippen LogP contribution in [-0.4, -0.2) is 48.6 Å². The Morgan fingerprint density at radius 1 is 1.07 bits per heavy atom. The third-order valence-electron chi connectivity index (χ3n) is 5.99. The van der Waals surface area contributed by atoms with Crippen LogP contribution in [-0.2, 0) is 13.1 Å². The summed E-state index contributed by atoms with van der Waals surface area (Å²) in [6.07, 6.45) is 1.68. The topological polar surface area (TPSA) is 53.7 Å². The number of piperazine rings is 1. The van der Waals surface area contributed by atoms with Crippen LogP contribution in [0.3, 0.4) is 0 Å². The highest BCUT2D eigenvalue weighted by Gasteiger charge is 2.19. The molecule has 1 amide bonds. The summed E-state index contributed by atoms with van der Waals surface area (Å²) >= 11 is 0. The van der Waals surface area contributed by atoms with Crippen molar-refractivity contribution in [1.29, 1.82) is 0 Å². The Kier molecular flexibility index (Phi) is 5.95. The molecule has 1 aliphatic heterocycles. The van der Waals surface area contributed by atoms with Crippen molar-refractivity contribution in [2.45, 2.75) is 26.9 Å². The number of furan rings is 1. The molecule has 4 rings (SSSR count). The fraction of sp³-hybridized carbons (Fsp3) is 0.375. The molecule has 0 unspecified atom stereocenters. The Morgan fingerprint density at radius 3 is 2.57 bits per heavy atom. The molecular weight excluding hydrogens is 376 g/mol. The van der Waals surface area contributed by atoms with Gasteiger partial charge in [-0.15, -0.1) is 0 Å². The molecule has 0 saturated carbocycles. The number of amides is 1. The maximum absolute atomic E-state index is 13.0. The van der Waals surface area contributed by atoms with Crippen molar-refractivity contribution >= 4 is 11.6 Å². The Bertz CT molecular complexity index is 998. The summed E-state index contributed by atoms with van der Waals surface area (Å²) in [4.78, 5) is 17.7. The summed E-state index contributed by atoms with van der Waals surface area (Å²) in [5.41, 5.74) is 5.09. The number of rotatable bonds is 6. The fourth-order valence-electron chi connectivity index (χ4n) is 4.12. The van der Waals surface area contributed by atoms with Gasteiger partial charge in [0.2, 0.25) is 0 Å². The van der Waals surface area contributed by atoms with Gasteiger partial charge in [-0.05, 0) is 50.7 Å². The van der Waals surface area contributed by atoms with Crippen molar-refractivity contribution in [3.8, 4) is 0 Å². The number of aryl methyl sites for hydroxylation is 1. The molecule has 0 atom stereocenters. The standard InChI is InChI=1S/C24H30N4O2/c1-18-15-22(19(2)28(18)17-21-8-6-14-30-21)24(29)25-16-20-7-4-5-9-23(20)27-12-10-26(3)11-13-27/h4-9,14-15H,10-13,16-17H2,1-3H3,(H,25,29). The van der Waals surface area contributed by atoms with Crippen LogP contribution in [0.15, 0.2) is 53.1 Å². The van der Waals surface area contributed by atoms with E-state index in [4.69, 9.17) is 4.42 Å². The first-order chi connectivity index (χ1) is 14.5. The number of carbonyl (C=O) groups excluding carboxylic acids is 1. The van der Waals surface area contributed by atoms with Gasteiger partial charge in [0, 0.05) is 49.8 Å². The molecule has 1 aromatic carbocycles. The van der Waals surface area contributed by atoms with E-state index < -0.39 is 0 Å². The van der Waals surface area contributed by atoms with E-state index in [1.165, 1.54) is 5.69 Å². The van der Waals surface area contributed by atoms with E-state index in [0.717, 1.165) is 54.5 Å². The normalized spacial score (nSPS) is 14.8. The number of carbonyl (C=O) groups is 1. The fourth-order valence-corrected chi connectivity index (χ4v) is 4.12. The molecule has 0 bridgehead atoms. The maximum atomic E-state index is 13.0. The third-order valence-corrected chi connectivity index (χ3v) is 5.99. The Hall–Kier alpha value is -2.99. The van der Waals surface area contributed by atoms with E-state index in [2.05, 4.69) is 44.9 Å². The van der Waals surface area contributed by atoms with Gasteiger partial charge in [0.25, 0.3) is 5.91 Å². The zero-order chi connectivity index (χ0) is 21.1. The lowest BCUT2D eigenvalue weighted by molar-refractivity contribution is 0.0950. The van der Waals surface area contributed by atoms with Gasteiger partial charge in [0.05, 0.1) is 18.4 Å². The summed E-state index contributed by atoms with van der Waals surface area (Å²) in [5.74, 6) is 0.840. The van der Waals surface area contributed by atoms with Gasteiger partial charge in [-0.1, -0.05) is 18.2 Å². The Balaban J connectivity index is 1.46. The zero-order valence-corrected chi connectivity index (χ0v) is 18.0. The zero-order valence-electron chi connectivity index (χ0n) is 18.0. The van der Waals surface area contributed by atoms with E-state index >= 15 is 0 Å². The molecule has 1 saturated heterocycles. The second-order valence-electron chi connectivity index (χ2n) is 8.05. The minimum atomic E-state index is -0.0398. The van der Waals surface area contributed by atoms with Gasteiger partial charge in [-0.2, -0.15) is 0 Å². The van der Waals surface area contributed by atoms with Crippen molar-refractivity contribution in [3.05, 3.63) is 77.0 Å². The summed E-state index contributed by atoms with van der Waals surface area (Å²) in [5, 5.41) is 3.13. The number of nitrogens with zero attached hydrogens (tertiary/aromatic N) is 3. The summed E-state index contributed by atoms with van der Waals surface area (Å²) in [6.45, 7) is 9.29. The van der Waals surface area contributed by atoms with E-state index in [0.29, 0.717) is 13.1 Å². The molecule has 1 N–H and O–H groups in total. The predicted molar refractivity (Wildman–Crippen MR) is 119 cm³/mol. The van der Waals surface area contributed by atoms with Crippen LogP contribution < -0.4 is 10.2 Å². The van der Waals surface area contributed by atoms with Crippen molar-refractivity contribution in [1.82, 2.24) is 14.8 Å². The summed E-state index contributed by atoms with van der Waals surface area (Å²) in [7, 11) is 2.16. The molecule has 30 heavy (non-hydrogen) atoms. The highest BCUT2D eigenvalue weighted by atomic mass is 16.3. The van der Waals surface area contributed by atoms with Crippen LogP contribution in [0.25, 0.3) is 0 Å².